The van der Waals surface area contributed by atoms with Crippen LogP contribution < -0.4 is 4.74 Å². The number of nitrogens with zero attached hydrogens (tertiary/aromatic N) is 3. The third-order valence-corrected chi connectivity index (χ3v) is 6.21. The zero-order valence-corrected chi connectivity index (χ0v) is 17.8. The summed E-state index contributed by atoms with van der Waals surface area (Å²) in [5.41, 5.74) is 0.894. The Morgan fingerprint density at radius 3 is 2.53 bits per heavy atom. The summed E-state index contributed by atoms with van der Waals surface area (Å²) in [6, 6.07) is 9.18. The summed E-state index contributed by atoms with van der Waals surface area (Å²) < 4.78 is 48.3. The summed E-state index contributed by atoms with van der Waals surface area (Å²) >= 11 is 3.34. The van der Waals surface area contributed by atoms with Crippen molar-refractivity contribution in [2.75, 3.05) is 7.11 Å². The van der Waals surface area contributed by atoms with Crippen LogP contribution in [0.5, 0.6) is 5.75 Å². The molecule has 0 amide bonds. The average Bonchev–Trinajstić information content (AvgIpc) is 2.72. The molecule has 0 saturated heterocycles. The topological polar surface area (TPSA) is 47.9 Å². The zero-order valence-electron chi connectivity index (χ0n) is 16.2. The number of ether oxygens (including phenoxy) is 1. The highest BCUT2D eigenvalue weighted by molar-refractivity contribution is 9.10. The second kappa shape index (κ2) is 8.34. The Morgan fingerprint density at radius 2 is 1.90 bits per heavy atom. The Morgan fingerprint density at radius 1 is 1.10 bits per heavy atom. The molecular formula is C22H19BrF3N3O. The average molecular weight is 478 g/mol. The molecule has 4 rings (SSSR count). The SMILES string of the molecule is COc1c(Br)ccc(F)c1-c1ccc(CCC2(c3ncccc3F)CC(F)C2)nn1. The standard InChI is InChI=1S/C22H19BrF3N3O/c1-30-20-15(23)5-6-16(25)19(20)18-7-4-14(28-29-18)8-9-22(11-13(24)12-22)21-17(26)3-2-10-27-21/h2-7,10,13H,8-9,11-12H2,1H3. The van der Waals surface area contributed by atoms with Gasteiger partial charge >= 0.3 is 0 Å². The maximum atomic E-state index is 14.4. The smallest absolute Gasteiger partial charge is 0.145 e. The van der Waals surface area contributed by atoms with Gasteiger partial charge < -0.3 is 4.74 Å². The highest BCUT2D eigenvalue weighted by Gasteiger charge is 2.48. The molecule has 0 aliphatic heterocycles. The first-order valence-corrected chi connectivity index (χ1v) is 10.3. The Kier molecular flexibility index (Phi) is 5.77. The third-order valence-electron chi connectivity index (χ3n) is 5.58. The van der Waals surface area contributed by atoms with E-state index >= 15 is 0 Å². The first kappa shape index (κ1) is 20.8. The molecule has 1 saturated carbocycles. The van der Waals surface area contributed by atoms with Crippen molar-refractivity contribution in [2.45, 2.75) is 37.3 Å². The molecule has 8 heteroatoms. The van der Waals surface area contributed by atoms with Gasteiger partial charge in [-0.15, -0.1) is 0 Å². The molecular weight excluding hydrogens is 459 g/mol. The van der Waals surface area contributed by atoms with Gasteiger partial charge in [0.05, 0.1) is 34.2 Å². The lowest BCUT2D eigenvalue weighted by atomic mass is 9.62. The van der Waals surface area contributed by atoms with Crippen LogP contribution in [-0.4, -0.2) is 28.5 Å². The first-order valence-electron chi connectivity index (χ1n) is 9.53. The number of halogens is 4. The van der Waals surface area contributed by atoms with Crippen LogP contribution in [0, 0.1) is 11.6 Å². The van der Waals surface area contributed by atoms with Crippen LogP contribution in [0.25, 0.3) is 11.3 Å². The largest absolute Gasteiger partial charge is 0.495 e. The van der Waals surface area contributed by atoms with Crippen molar-refractivity contribution in [1.82, 2.24) is 15.2 Å². The van der Waals surface area contributed by atoms with Crippen LogP contribution in [-0.2, 0) is 11.8 Å². The van der Waals surface area contributed by atoms with E-state index in [0.717, 1.165) is 0 Å². The normalized spacial score (nSPS) is 20.6. The fourth-order valence-corrected chi connectivity index (χ4v) is 4.54. The predicted molar refractivity (Wildman–Crippen MR) is 110 cm³/mol. The monoisotopic (exact) mass is 477 g/mol. The van der Waals surface area contributed by atoms with Crippen molar-refractivity contribution in [3.8, 4) is 17.0 Å². The van der Waals surface area contributed by atoms with Gasteiger partial charge in [0.25, 0.3) is 0 Å². The summed E-state index contributed by atoms with van der Waals surface area (Å²) in [6.45, 7) is 0. The summed E-state index contributed by atoms with van der Waals surface area (Å²) in [5.74, 6) is -0.543. The number of rotatable bonds is 6. The fourth-order valence-electron chi connectivity index (χ4n) is 4.05. The summed E-state index contributed by atoms with van der Waals surface area (Å²) in [6.07, 6.45) is 2.05. The Balaban J connectivity index is 1.55. The van der Waals surface area contributed by atoms with Crippen LogP contribution in [0.2, 0.25) is 0 Å². The molecule has 3 aromatic rings. The van der Waals surface area contributed by atoms with Crippen LogP contribution in [0.1, 0.15) is 30.7 Å². The van der Waals surface area contributed by atoms with Crippen LogP contribution in [0.3, 0.4) is 0 Å². The quantitative estimate of drug-likeness (QED) is 0.464. The minimum absolute atomic E-state index is 0.220. The third kappa shape index (κ3) is 3.80. The predicted octanol–water partition coefficient (Wildman–Crippen LogP) is 5.59. The molecule has 0 spiro atoms. The molecule has 0 N–H and O–H groups in total. The molecule has 0 unspecified atom stereocenters. The Bertz CT molecular complexity index is 1060. The molecule has 0 radical (unpaired) electrons. The molecule has 1 fully saturated rings. The van der Waals surface area contributed by atoms with Gasteiger partial charge in [0.2, 0.25) is 0 Å². The van der Waals surface area contributed by atoms with E-state index in [2.05, 4.69) is 31.1 Å². The lowest BCUT2D eigenvalue weighted by Crippen LogP contribution is -2.44. The number of hydrogen-bond acceptors (Lipinski definition) is 4. The van der Waals surface area contributed by atoms with E-state index in [0.29, 0.717) is 40.1 Å². The van der Waals surface area contributed by atoms with Crippen LogP contribution in [0.15, 0.2) is 47.1 Å². The van der Waals surface area contributed by atoms with E-state index in [1.54, 1.807) is 18.2 Å². The number of alkyl halides is 1. The Labute approximate surface area is 180 Å². The van der Waals surface area contributed by atoms with Crippen molar-refractivity contribution in [2.24, 2.45) is 0 Å². The second-order valence-corrected chi connectivity index (χ2v) is 8.32. The van der Waals surface area contributed by atoms with E-state index in [4.69, 9.17) is 4.74 Å². The minimum Gasteiger partial charge on any atom is -0.495 e. The van der Waals surface area contributed by atoms with E-state index in [9.17, 15) is 13.2 Å². The van der Waals surface area contributed by atoms with E-state index in [1.165, 1.54) is 31.5 Å². The summed E-state index contributed by atoms with van der Waals surface area (Å²) in [4.78, 5) is 4.17. The van der Waals surface area contributed by atoms with Gasteiger partial charge in [-0.2, -0.15) is 10.2 Å². The van der Waals surface area contributed by atoms with Crippen molar-refractivity contribution in [3.05, 3.63) is 70.1 Å². The maximum Gasteiger partial charge on any atom is 0.145 e. The van der Waals surface area contributed by atoms with Gasteiger partial charge in [0.1, 0.15) is 23.6 Å². The number of aromatic nitrogens is 3. The molecule has 1 aliphatic rings. The minimum atomic E-state index is -0.952. The van der Waals surface area contributed by atoms with Gasteiger partial charge in [-0.05, 0) is 78.0 Å². The molecule has 2 aromatic heterocycles. The number of benzene rings is 1. The fraction of sp³-hybridized carbons (Fsp3) is 0.318. The molecule has 0 bridgehead atoms. The van der Waals surface area contributed by atoms with Gasteiger partial charge in [0, 0.05) is 11.6 Å². The van der Waals surface area contributed by atoms with Gasteiger partial charge in [0.15, 0.2) is 0 Å². The molecule has 30 heavy (non-hydrogen) atoms. The maximum absolute atomic E-state index is 14.4. The molecule has 2 heterocycles. The van der Waals surface area contributed by atoms with E-state index in [-0.39, 0.29) is 18.4 Å². The molecule has 156 valence electrons. The van der Waals surface area contributed by atoms with Gasteiger partial charge in [-0.1, -0.05) is 0 Å². The van der Waals surface area contributed by atoms with Crippen molar-refractivity contribution in [1.29, 1.82) is 0 Å². The van der Waals surface area contributed by atoms with E-state index in [1.807, 2.05) is 0 Å². The van der Waals surface area contributed by atoms with Crippen molar-refractivity contribution in [3.63, 3.8) is 0 Å². The molecule has 0 atom stereocenters. The highest BCUT2D eigenvalue weighted by Crippen LogP contribution is 2.48. The van der Waals surface area contributed by atoms with Crippen molar-refractivity contribution >= 4 is 15.9 Å². The van der Waals surface area contributed by atoms with Crippen LogP contribution >= 0.6 is 15.9 Å². The number of methoxy groups -OCH3 is 1. The lowest BCUT2D eigenvalue weighted by molar-refractivity contribution is 0.0794. The number of hydrogen-bond donors (Lipinski definition) is 0. The van der Waals surface area contributed by atoms with Gasteiger partial charge in [-0.25, -0.2) is 13.2 Å². The number of pyridine rings is 1. The van der Waals surface area contributed by atoms with Gasteiger partial charge in [-0.3, -0.25) is 4.98 Å². The van der Waals surface area contributed by atoms with E-state index < -0.39 is 23.2 Å². The van der Waals surface area contributed by atoms with Crippen LogP contribution in [0.4, 0.5) is 13.2 Å². The lowest BCUT2D eigenvalue weighted by Gasteiger charge is -2.44. The molecule has 1 aromatic carbocycles. The zero-order chi connectivity index (χ0) is 21.3. The first-order chi connectivity index (χ1) is 14.4. The second-order valence-electron chi connectivity index (χ2n) is 7.47. The Hall–Kier alpha value is -2.48. The number of aryl methyl sites for hydroxylation is 1. The highest BCUT2D eigenvalue weighted by atomic mass is 79.9. The van der Waals surface area contributed by atoms with Crippen molar-refractivity contribution < 1.29 is 17.9 Å². The molecule has 1 aliphatic carbocycles. The summed E-state index contributed by atoms with van der Waals surface area (Å²) in [5, 5.41) is 8.36. The molecule has 4 nitrogen and oxygen atoms in total. The summed E-state index contributed by atoms with van der Waals surface area (Å²) in [7, 11) is 1.46.